The van der Waals surface area contributed by atoms with Crippen molar-refractivity contribution < 1.29 is 19.4 Å². The quantitative estimate of drug-likeness (QED) is 0.837. The number of nitrogens with one attached hydrogen (secondary N) is 1. The van der Waals surface area contributed by atoms with Gasteiger partial charge < -0.3 is 15.2 Å². The Morgan fingerprint density at radius 3 is 2.70 bits per heavy atom. The highest BCUT2D eigenvalue weighted by molar-refractivity contribution is 8.04. The molecular weight excluding hydrogens is 338 g/mol. The summed E-state index contributed by atoms with van der Waals surface area (Å²) in [7, 11) is 0. The Morgan fingerprint density at radius 2 is 2.09 bits per heavy atom. The van der Waals surface area contributed by atoms with Crippen molar-refractivity contribution >= 4 is 40.9 Å². The standard InChI is InChI=1S/C16H18ClNO4S/c1-3-9-7-10(8-11(13(9)17)16(20)21)18-15(19)14-12(4-2)22-5-6-23-14/h7-8H,3-6H2,1-2H3,(H,18,19)(H,20,21). The number of amides is 1. The van der Waals surface area contributed by atoms with E-state index in [4.69, 9.17) is 16.3 Å². The van der Waals surface area contributed by atoms with Crippen molar-refractivity contribution in [3.63, 3.8) is 0 Å². The second kappa shape index (κ2) is 7.75. The fourth-order valence-electron chi connectivity index (χ4n) is 2.27. The van der Waals surface area contributed by atoms with E-state index >= 15 is 0 Å². The molecule has 0 saturated carbocycles. The van der Waals surface area contributed by atoms with Crippen LogP contribution in [0.4, 0.5) is 5.69 Å². The molecule has 1 aromatic carbocycles. The Hall–Kier alpha value is -1.66. The zero-order chi connectivity index (χ0) is 17.0. The molecule has 1 aliphatic rings. The number of benzene rings is 1. The van der Waals surface area contributed by atoms with Crippen molar-refractivity contribution in [1.82, 2.24) is 0 Å². The molecule has 1 aromatic rings. The Morgan fingerprint density at radius 1 is 1.35 bits per heavy atom. The summed E-state index contributed by atoms with van der Waals surface area (Å²) in [5, 5.41) is 12.2. The zero-order valence-corrected chi connectivity index (χ0v) is 14.5. The molecule has 0 fully saturated rings. The molecule has 0 aromatic heterocycles. The van der Waals surface area contributed by atoms with Crippen molar-refractivity contribution in [2.45, 2.75) is 26.7 Å². The molecule has 2 N–H and O–H groups in total. The lowest BCUT2D eigenvalue weighted by Crippen LogP contribution is -2.19. The number of anilines is 1. The third-order valence-corrected chi connectivity index (χ3v) is 4.92. The van der Waals surface area contributed by atoms with Gasteiger partial charge in [-0.2, -0.15) is 0 Å². The summed E-state index contributed by atoms with van der Waals surface area (Å²) in [6, 6.07) is 3.08. The normalized spacial score (nSPS) is 14.4. The van der Waals surface area contributed by atoms with Crippen LogP contribution in [0.2, 0.25) is 5.02 Å². The third-order valence-electron chi connectivity index (χ3n) is 3.40. The molecule has 1 aliphatic heterocycles. The molecule has 0 radical (unpaired) electrons. The summed E-state index contributed by atoms with van der Waals surface area (Å²) in [5.74, 6) is -0.0215. The minimum Gasteiger partial charge on any atom is -0.496 e. The van der Waals surface area contributed by atoms with Gasteiger partial charge in [0, 0.05) is 17.9 Å². The van der Waals surface area contributed by atoms with E-state index < -0.39 is 5.97 Å². The minimum atomic E-state index is -1.12. The van der Waals surface area contributed by atoms with E-state index in [0.717, 1.165) is 0 Å². The van der Waals surface area contributed by atoms with Gasteiger partial charge in [-0.15, -0.1) is 11.8 Å². The second-order valence-corrected chi connectivity index (χ2v) is 6.40. The summed E-state index contributed by atoms with van der Waals surface area (Å²) in [6.45, 7) is 4.39. The second-order valence-electron chi connectivity index (χ2n) is 4.91. The molecule has 0 spiro atoms. The molecule has 7 heteroatoms. The number of aromatic carboxylic acids is 1. The van der Waals surface area contributed by atoms with Crippen LogP contribution in [0.1, 0.15) is 36.2 Å². The van der Waals surface area contributed by atoms with Gasteiger partial charge in [0.05, 0.1) is 17.2 Å². The first-order valence-corrected chi connectivity index (χ1v) is 8.70. The molecule has 23 heavy (non-hydrogen) atoms. The van der Waals surface area contributed by atoms with Crippen LogP contribution in [0.3, 0.4) is 0 Å². The monoisotopic (exact) mass is 355 g/mol. The number of aryl methyl sites for hydroxylation is 1. The van der Waals surface area contributed by atoms with E-state index in [0.29, 0.717) is 47.1 Å². The highest BCUT2D eigenvalue weighted by atomic mass is 35.5. The Labute approximate surface area is 144 Å². The van der Waals surface area contributed by atoms with Gasteiger partial charge in [-0.1, -0.05) is 25.4 Å². The number of hydrogen-bond acceptors (Lipinski definition) is 4. The molecule has 0 unspecified atom stereocenters. The predicted octanol–water partition coefficient (Wildman–Crippen LogP) is 3.92. The smallest absolute Gasteiger partial charge is 0.337 e. The first-order valence-electron chi connectivity index (χ1n) is 7.33. The number of carbonyl (C=O) groups is 2. The number of ether oxygens (including phenoxy) is 1. The zero-order valence-electron chi connectivity index (χ0n) is 12.9. The van der Waals surface area contributed by atoms with Crippen LogP contribution in [-0.2, 0) is 16.0 Å². The molecule has 0 aliphatic carbocycles. The van der Waals surface area contributed by atoms with Crippen LogP contribution in [0.15, 0.2) is 22.8 Å². The van der Waals surface area contributed by atoms with Gasteiger partial charge in [0.25, 0.3) is 5.91 Å². The van der Waals surface area contributed by atoms with Crippen molar-refractivity contribution in [3.05, 3.63) is 38.9 Å². The molecule has 1 heterocycles. The maximum atomic E-state index is 12.5. The van der Waals surface area contributed by atoms with Gasteiger partial charge in [0.2, 0.25) is 0 Å². The fourth-order valence-corrected chi connectivity index (χ4v) is 3.51. The SMILES string of the molecule is CCC1=C(C(=O)Nc2cc(CC)c(Cl)c(C(=O)O)c2)SCCO1. The van der Waals surface area contributed by atoms with Gasteiger partial charge in [-0.3, -0.25) is 4.79 Å². The van der Waals surface area contributed by atoms with Gasteiger partial charge in [-0.05, 0) is 24.1 Å². The molecule has 0 bridgehead atoms. The Kier molecular flexibility index (Phi) is 5.96. The number of carboxylic acids is 1. The highest BCUT2D eigenvalue weighted by Gasteiger charge is 2.21. The van der Waals surface area contributed by atoms with Gasteiger partial charge in [0.15, 0.2) is 0 Å². The van der Waals surface area contributed by atoms with Crippen LogP contribution in [0.5, 0.6) is 0 Å². The molecule has 2 rings (SSSR count). The first kappa shape index (κ1) is 17.7. The number of thioether (sulfide) groups is 1. The van der Waals surface area contributed by atoms with Crippen molar-refractivity contribution in [2.75, 3.05) is 17.7 Å². The summed E-state index contributed by atoms with van der Waals surface area (Å²) < 4.78 is 5.51. The van der Waals surface area contributed by atoms with Crippen LogP contribution in [0, 0.1) is 0 Å². The van der Waals surface area contributed by atoms with Crippen molar-refractivity contribution in [3.8, 4) is 0 Å². The summed E-state index contributed by atoms with van der Waals surface area (Å²) in [6.07, 6.45) is 1.21. The Balaban J connectivity index is 2.32. The van der Waals surface area contributed by atoms with E-state index in [-0.39, 0.29) is 16.5 Å². The van der Waals surface area contributed by atoms with Crippen molar-refractivity contribution in [2.24, 2.45) is 0 Å². The third kappa shape index (κ3) is 4.00. The number of carboxylic acid groups (broad SMARTS) is 1. The van der Waals surface area contributed by atoms with E-state index in [2.05, 4.69) is 5.32 Å². The van der Waals surface area contributed by atoms with Crippen LogP contribution in [-0.4, -0.2) is 29.3 Å². The highest BCUT2D eigenvalue weighted by Crippen LogP contribution is 2.30. The number of rotatable bonds is 5. The lowest BCUT2D eigenvalue weighted by Gasteiger charge is -2.20. The summed E-state index contributed by atoms with van der Waals surface area (Å²) in [4.78, 5) is 24.3. The average molecular weight is 356 g/mol. The summed E-state index contributed by atoms with van der Waals surface area (Å²) in [5.41, 5.74) is 1.08. The van der Waals surface area contributed by atoms with Crippen LogP contribution < -0.4 is 5.32 Å². The molecule has 124 valence electrons. The van der Waals surface area contributed by atoms with Gasteiger partial charge in [0.1, 0.15) is 10.7 Å². The molecule has 1 amide bonds. The molecular formula is C16H18ClNO4S. The van der Waals surface area contributed by atoms with Crippen LogP contribution >= 0.6 is 23.4 Å². The Bertz CT molecular complexity index is 672. The topological polar surface area (TPSA) is 75.6 Å². The fraction of sp³-hybridized carbons (Fsp3) is 0.375. The minimum absolute atomic E-state index is 0.0152. The summed E-state index contributed by atoms with van der Waals surface area (Å²) >= 11 is 7.53. The predicted molar refractivity (Wildman–Crippen MR) is 92.1 cm³/mol. The van der Waals surface area contributed by atoms with Gasteiger partial charge >= 0.3 is 5.97 Å². The van der Waals surface area contributed by atoms with E-state index in [1.54, 1.807) is 6.07 Å². The van der Waals surface area contributed by atoms with Gasteiger partial charge in [-0.25, -0.2) is 4.79 Å². The number of carbonyl (C=O) groups excluding carboxylic acids is 1. The maximum Gasteiger partial charge on any atom is 0.337 e. The number of halogens is 1. The largest absolute Gasteiger partial charge is 0.496 e. The maximum absolute atomic E-state index is 12.5. The lowest BCUT2D eigenvalue weighted by molar-refractivity contribution is -0.112. The number of allylic oxidation sites excluding steroid dienone is 1. The van der Waals surface area contributed by atoms with E-state index in [9.17, 15) is 14.7 Å². The molecule has 0 atom stereocenters. The van der Waals surface area contributed by atoms with Crippen molar-refractivity contribution in [1.29, 1.82) is 0 Å². The van der Waals surface area contributed by atoms with Crippen LogP contribution in [0.25, 0.3) is 0 Å². The molecule has 5 nitrogen and oxygen atoms in total. The lowest BCUT2D eigenvalue weighted by atomic mass is 10.1. The average Bonchev–Trinajstić information content (AvgIpc) is 2.55. The van der Waals surface area contributed by atoms with E-state index in [1.165, 1.54) is 17.8 Å². The molecule has 0 saturated heterocycles. The number of hydrogen-bond donors (Lipinski definition) is 2. The van der Waals surface area contributed by atoms with E-state index in [1.807, 2.05) is 13.8 Å². The first-order chi connectivity index (χ1) is 11.0.